The summed E-state index contributed by atoms with van der Waals surface area (Å²) in [5, 5.41) is 4.68. The van der Waals surface area contributed by atoms with Gasteiger partial charge in [-0.2, -0.15) is 0 Å². The first-order chi connectivity index (χ1) is 8.90. The highest BCUT2D eigenvalue weighted by molar-refractivity contribution is 9.10. The van der Waals surface area contributed by atoms with Gasteiger partial charge in [0, 0.05) is 4.47 Å². The Hall–Kier alpha value is -0.320. The Morgan fingerprint density at radius 3 is 2.21 bits per heavy atom. The van der Waals surface area contributed by atoms with Gasteiger partial charge < -0.3 is 11.1 Å². The summed E-state index contributed by atoms with van der Waals surface area (Å²) < 4.78 is 0.715. The highest BCUT2D eigenvalue weighted by atomic mass is 79.9. The Kier molecular flexibility index (Phi) is 4.75. The van der Waals surface area contributed by atoms with Crippen molar-refractivity contribution >= 4 is 79.4 Å². The van der Waals surface area contributed by atoms with E-state index in [0.717, 1.165) is 0 Å². The van der Waals surface area contributed by atoms with Crippen LogP contribution in [0.5, 0.6) is 0 Å². The summed E-state index contributed by atoms with van der Waals surface area (Å²) in [6, 6.07) is 6.76. The fourth-order valence-electron chi connectivity index (χ4n) is 1.44. The lowest BCUT2D eigenvalue weighted by Crippen LogP contribution is -1.97. The second-order valence-corrected chi connectivity index (χ2v) is 6.13. The average molecular weight is 401 g/mol. The highest BCUT2D eigenvalue weighted by Crippen LogP contribution is 2.39. The van der Waals surface area contributed by atoms with Crippen LogP contribution in [0.1, 0.15) is 0 Å². The molecule has 0 saturated heterocycles. The third-order valence-electron chi connectivity index (χ3n) is 2.40. The van der Waals surface area contributed by atoms with Crippen LogP contribution in [0, 0.1) is 0 Å². The monoisotopic (exact) mass is 398 g/mol. The number of nitrogens with two attached hydrogens (primary N) is 1. The first-order valence-corrected chi connectivity index (χ1v) is 7.35. The van der Waals surface area contributed by atoms with Crippen molar-refractivity contribution in [1.82, 2.24) is 0 Å². The smallest absolute Gasteiger partial charge is 0.0838 e. The van der Waals surface area contributed by atoms with Gasteiger partial charge in [-0.3, -0.25) is 0 Å². The third-order valence-corrected chi connectivity index (χ3v) is 4.89. The van der Waals surface area contributed by atoms with Crippen LogP contribution in [0.2, 0.25) is 20.1 Å². The van der Waals surface area contributed by atoms with Crippen LogP contribution in [0.25, 0.3) is 0 Å². The molecule has 0 fully saturated rings. The van der Waals surface area contributed by atoms with Crippen LogP contribution in [0.3, 0.4) is 0 Å². The number of nitrogen functional groups attached to an aromatic ring is 1. The van der Waals surface area contributed by atoms with Gasteiger partial charge in [-0.15, -0.1) is 0 Å². The summed E-state index contributed by atoms with van der Waals surface area (Å²) in [5.74, 6) is 0. The van der Waals surface area contributed by atoms with Gasteiger partial charge in [0.15, 0.2) is 0 Å². The molecule has 2 nitrogen and oxygen atoms in total. The molecule has 0 aliphatic heterocycles. The van der Waals surface area contributed by atoms with Crippen LogP contribution < -0.4 is 11.1 Å². The number of benzene rings is 2. The molecule has 0 bridgehead atoms. The van der Waals surface area contributed by atoms with E-state index in [4.69, 9.17) is 52.1 Å². The lowest BCUT2D eigenvalue weighted by atomic mass is 10.2. The molecule has 2 aromatic rings. The van der Waals surface area contributed by atoms with Gasteiger partial charge in [0.05, 0.1) is 37.2 Å². The van der Waals surface area contributed by atoms with Crippen molar-refractivity contribution in [2.45, 2.75) is 0 Å². The van der Waals surface area contributed by atoms with E-state index in [9.17, 15) is 0 Å². The summed E-state index contributed by atoms with van der Waals surface area (Å²) in [4.78, 5) is 0. The Morgan fingerprint density at radius 1 is 0.895 bits per heavy atom. The van der Waals surface area contributed by atoms with Crippen molar-refractivity contribution in [3.8, 4) is 0 Å². The Balaban J connectivity index is 2.42. The van der Waals surface area contributed by atoms with Crippen LogP contribution in [-0.2, 0) is 0 Å². The van der Waals surface area contributed by atoms with Crippen molar-refractivity contribution in [2.75, 3.05) is 11.1 Å². The SMILES string of the molecule is Nc1cc(Cl)c(Cl)cc1Nc1ccc(Br)c(Cl)c1Cl. The predicted octanol–water partition coefficient (Wildman–Crippen LogP) is 6.39. The summed E-state index contributed by atoms with van der Waals surface area (Å²) in [6.07, 6.45) is 0. The molecule has 2 aromatic carbocycles. The second kappa shape index (κ2) is 5.98. The molecule has 0 unspecified atom stereocenters. The molecule has 3 N–H and O–H groups in total. The molecular weight excluding hydrogens is 394 g/mol. The van der Waals surface area contributed by atoms with E-state index in [0.29, 0.717) is 41.6 Å². The number of nitrogens with one attached hydrogen (secondary N) is 1. The maximum absolute atomic E-state index is 6.15. The van der Waals surface area contributed by atoms with Crippen molar-refractivity contribution < 1.29 is 0 Å². The topological polar surface area (TPSA) is 38.0 Å². The number of hydrogen-bond acceptors (Lipinski definition) is 2. The maximum Gasteiger partial charge on any atom is 0.0838 e. The van der Waals surface area contributed by atoms with Crippen LogP contribution in [-0.4, -0.2) is 0 Å². The van der Waals surface area contributed by atoms with E-state index in [-0.39, 0.29) is 0 Å². The summed E-state index contributed by atoms with van der Waals surface area (Å²) >= 11 is 27.3. The lowest BCUT2D eigenvalue weighted by Gasteiger charge is -2.13. The standard InChI is InChI=1S/C12H7BrCl4N2/c13-5-1-2-9(12(17)11(5)16)19-10-4-7(15)6(14)3-8(10)18/h1-4,19H,18H2. The molecule has 0 spiro atoms. The van der Waals surface area contributed by atoms with Crippen molar-refractivity contribution in [1.29, 1.82) is 0 Å². The molecule has 7 heteroatoms. The normalized spacial score (nSPS) is 10.6. The summed E-state index contributed by atoms with van der Waals surface area (Å²) in [7, 11) is 0. The fraction of sp³-hybridized carbons (Fsp3) is 0. The number of rotatable bonds is 2. The zero-order valence-corrected chi connectivity index (χ0v) is 13.9. The predicted molar refractivity (Wildman–Crippen MR) is 88.3 cm³/mol. The van der Waals surface area contributed by atoms with E-state index >= 15 is 0 Å². The van der Waals surface area contributed by atoms with Gasteiger partial charge in [-0.1, -0.05) is 46.4 Å². The first-order valence-electron chi connectivity index (χ1n) is 5.05. The van der Waals surface area contributed by atoms with Crippen molar-refractivity contribution in [3.05, 3.63) is 48.8 Å². The molecule has 100 valence electrons. The molecule has 19 heavy (non-hydrogen) atoms. The summed E-state index contributed by atoms with van der Waals surface area (Å²) in [6.45, 7) is 0. The average Bonchev–Trinajstić information content (AvgIpc) is 2.36. The van der Waals surface area contributed by atoms with Gasteiger partial charge in [0.25, 0.3) is 0 Å². The number of anilines is 3. The van der Waals surface area contributed by atoms with Crippen molar-refractivity contribution in [2.24, 2.45) is 0 Å². The molecule has 0 aliphatic rings. The quantitative estimate of drug-likeness (QED) is 0.452. The number of halogens is 5. The fourth-order valence-corrected chi connectivity index (χ4v) is 2.60. The van der Waals surface area contributed by atoms with Gasteiger partial charge in [0.1, 0.15) is 0 Å². The maximum atomic E-state index is 6.15. The van der Waals surface area contributed by atoms with E-state index in [1.165, 1.54) is 0 Å². The highest BCUT2D eigenvalue weighted by Gasteiger charge is 2.11. The van der Waals surface area contributed by atoms with Crippen LogP contribution >= 0.6 is 62.3 Å². The Bertz CT molecular complexity index is 646. The number of hydrogen-bond donors (Lipinski definition) is 2. The zero-order valence-electron chi connectivity index (χ0n) is 9.28. The minimum absolute atomic E-state index is 0.390. The van der Waals surface area contributed by atoms with Crippen molar-refractivity contribution in [3.63, 3.8) is 0 Å². The van der Waals surface area contributed by atoms with Gasteiger partial charge in [0.2, 0.25) is 0 Å². The summed E-state index contributed by atoms with van der Waals surface area (Å²) in [5.41, 5.74) is 7.56. The van der Waals surface area contributed by atoms with E-state index in [1.807, 2.05) is 0 Å². The molecule has 0 radical (unpaired) electrons. The van der Waals surface area contributed by atoms with E-state index in [2.05, 4.69) is 21.2 Å². The second-order valence-electron chi connectivity index (χ2n) is 3.70. The Labute approximate surface area is 138 Å². The minimum atomic E-state index is 0.390. The minimum Gasteiger partial charge on any atom is -0.397 e. The van der Waals surface area contributed by atoms with Gasteiger partial charge in [-0.25, -0.2) is 0 Å². The third kappa shape index (κ3) is 3.23. The Morgan fingerprint density at radius 2 is 1.53 bits per heavy atom. The molecular formula is C12H7BrCl4N2. The molecule has 0 saturated carbocycles. The van der Waals surface area contributed by atoms with E-state index in [1.54, 1.807) is 24.3 Å². The zero-order chi connectivity index (χ0) is 14.2. The van der Waals surface area contributed by atoms with Crippen LogP contribution in [0.15, 0.2) is 28.7 Å². The van der Waals surface area contributed by atoms with Crippen LogP contribution in [0.4, 0.5) is 17.1 Å². The lowest BCUT2D eigenvalue weighted by molar-refractivity contribution is 1.53. The largest absolute Gasteiger partial charge is 0.397 e. The van der Waals surface area contributed by atoms with E-state index < -0.39 is 0 Å². The van der Waals surface area contributed by atoms with Gasteiger partial charge in [-0.05, 0) is 40.2 Å². The molecule has 2 rings (SSSR count). The van der Waals surface area contributed by atoms with Gasteiger partial charge >= 0.3 is 0 Å². The molecule has 0 aliphatic carbocycles. The molecule has 0 heterocycles. The molecule has 0 aromatic heterocycles. The first kappa shape index (κ1) is 15.1. The molecule has 0 amide bonds. The molecule has 0 atom stereocenters.